The highest BCUT2D eigenvalue weighted by atomic mass is 28.3. The van der Waals surface area contributed by atoms with Gasteiger partial charge in [-0.3, -0.25) is 0 Å². The average molecular weight is 929 g/mol. The van der Waals surface area contributed by atoms with Crippen LogP contribution in [-0.2, 0) is 0 Å². The largest absolute Gasteiger partial charge is 0.309 e. The lowest BCUT2D eigenvalue weighted by atomic mass is 10.1. The second-order valence-electron chi connectivity index (χ2n) is 18.0. The molecule has 0 N–H and O–H groups in total. The van der Waals surface area contributed by atoms with Crippen LogP contribution in [0.25, 0.3) is 55.0 Å². The van der Waals surface area contributed by atoms with Crippen molar-refractivity contribution >= 4 is 101 Å². The number of para-hydroxylation sites is 2. The van der Waals surface area contributed by atoms with E-state index in [9.17, 15) is 5.48 Å². The van der Waals surface area contributed by atoms with Crippen LogP contribution in [0.3, 0.4) is 0 Å². The summed E-state index contributed by atoms with van der Waals surface area (Å²) in [6, 6.07) is 93.9. The fourth-order valence-corrected chi connectivity index (χ4v) is 20.9. The van der Waals surface area contributed by atoms with Crippen molar-refractivity contribution < 1.29 is 5.48 Å². The Balaban J connectivity index is 1.14. The van der Waals surface area contributed by atoms with E-state index >= 15 is 0 Å². The fraction of sp³-hybridized carbons (Fsp3) is 0. The standard InChI is InChI=1S/C66H48N2Si2/c1-7-27-51(28-8-1)69(52-29-9-2-10-30-52,53-31-11-3-12-32-53)57-39-23-25-49(47-57)67-63-44-22-20-42-61(63)65-64(67)46-45-60-59-41-19-21-43-62(59)68(66(60)65)50-26-24-40-58(48-50)70(54-33-13-4-14-34-54,55-35-15-5-16-36-55)56-37-17-6-18-38-56/h1-48H/i23D,25D,39D,47D. The maximum atomic E-state index is 10.7. The smallest absolute Gasteiger partial charge is 0.179 e. The number of hydrogen-bond donors (Lipinski definition) is 0. The highest BCUT2D eigenvalue weighted by molar-refractivity contribution is 7.20. The van der Waals surface area contributed by atoms with Gasteiger partial charge in [0.25, 0.3) is 0 Å². The van der Waals surface area contributed by atoms with Crippen LogP contribution >= 0.6 is 0 Å². The minimum Gasteiger partial charge on any atom is -0.309 e. The van der Waals surface area contributed by atoms with Gasteiger partial charge in [-0.05, 0) is 83.9 Å². The van der Waals surface area contributed by atoms with Gasteiger partial charge in [0.05, 0.1) is 27.5 Å². The first kappa shape index (κ1) is 37.4. The molecule has 13 rings (SSSR count). The molecule has 11 aromatic carbocycles. The first-order valence-corrected chi connectivity index (χ1v) is 27.9. The molecular weight excluding hydrogens is 877 g/mol. The molecule has 330 valence electrons. The summed E-state index contributed by atoms with van der Waals surface area (Å²) in [5.74, 6) is 0. The zero-order chi connectivity index (χ0) is 50.0. The molecular formula is C66H48N2Si2. The van der Waals surface area contributed by atoms with Crippen LogP contribution in [0.2, 0.25) is 0 Å². The molecule has 0 fully saturated rings. The van der Waals surface area contributed by atoms with Crippen molar-refractivity contribution in [3.05, 3.63) is 291 Å². The monoisotopic (exact) mass is 928 g/mol. The van der Waals surface area contributed by atoms with Gasteiger partial charge < -0.3 is 9.13 Å². The summed E-state index contributed by atoms with van der Waals surface area (Å²) in [7, 11) is -6.45. The van der Waals surface area contributed by atoms with E-state index in [-0.39, 0.29) is 24.2 Å². The first-order chi connectivity index (χ1) is 36.4. The van der Waals surface area contributed by atoms with E-state index in [1.807, 2.05) is 65.2 Å². The summed E-state index contributed by atoms with van der Waals surface area (Å²) in [5.41, 5.74) is 5.04. The Kier molecular flexibility index (Phi) is 9.20. The zero-order valence-electron chi connectivity index (χ0n) is 42.3. The lowest BCUT2D eigenvalue weighted by Gasteiger charge is -2.34. The lowest BCUT2D eigenvalue weighted by molar-refractivity contribution is 1.18. The SMILES string of the molecule is [2H]c1c([2H])c(-n2c3ccccc3c3c2ccc2c4ccccc4n(-c4cccc([Si](c5ccccc5)(c5ccccc5)c5ccccc5)c4)c23)c([2H])c([Si](c2ccccc2)(c2ccccc2)c2ccccc2)c1[2H]. The van der Waals surface area contributed by atoms with E-state index in [1.165, 1.54) is 20.7 Å². The van der Waals surface area contributed by atoms with Gasteiger partial charge in [-0.25, -0.2) is 0 Å². The predicted molar refractivity (Wildman–Crippen MR) is 302 cm³/mol. The van der Waals surface area contributed by atoms with Crippen LogP contribution in [0, 0.1) is 0 Å². The van der Waals surface area contributed by atoms with E-state index in [0.29, 0.717) is 10.9 Å². The summed E-state index contributed by atoms with van der Waals surface area (Å²) in [5, 5.41) is 12.8. The molecule has 2 aromatic heterocycles. The molecule has 0 spiro atoms. The van der Waals surface area contributed by atoms with Crippen molar-refractivity contribution in [2.75, 3.05) is 0 Å². The van der Waals surface area contributed by atoms with Crippen molar-refractivity contribution in [3.63, 3.8) is 0 Å². The van der Waals surface area contributed by atoms with E-state index in [0.717, 1.165) is 64.9 Å². The summed E-state index contributed by atoms with van der Waals surface area (Å²) in [6.07, 6.45) is 0. The minimum atomic E-state index is -3.53. The Morgan fingerprint density at radius 2 is 0.700 bits per heavy atom. The Bertz CT molecular complexity index is 4030. The molecule has 70 heavy (non-hydrogen) atoms. The van der Waals surface area contributed by atoms with Crippen LogP contribution in [0.15, 0.2) is 291 Å². The van der Waals surface area contributed by atoms with Crippen LogP contribution in [0.1, 0.15) is 5.48 Å². The summed E-state index contributed by atoms with van der Waals surface area (Å²) in [6.45, 7) is 0. The maximum Gasteiger partial charge on any atom is 0.179 e. The van der Waals surface area contributed by atoms with Crippen LogP contribution < -0.4 is 41.5 Å². The number of benzene rings is 11. The molecule has 0 saturated heterocycles. The van der Waals surface area contributed by atoms with Gasteiger partial charge in [-0.15, -0.1) is 0 Å². The summed E-state index contributed by atoms with van der Waals surface area (Å²) >= 11 is 0. The molecule has 0 bridgehead atoms. The van der Waals surface area contributed by atoms with Gasteiger partial charge in [0.1, 0.15) is 0 Å². The maximum absolute atomic E-state index is 10.7. The third kappa shape index (κ3) is 6.38. The van der Waals surface area contributed by atoms with E-state index in [4.69, 9.17) is 0 Å². The molecule has 0 amide bonds. The second-order valence-corrected chi connectivity index (χ2v) is 25.6. The first-order valence-electron chi connectivity index (χ1n) is 25.9. The molecule has 13 aromatic rings. The molecule has 0 unspecified atom stereocenters. The quantitative estimate of drug-likeness (QED) is 0.0956. The molecule has 4 heteroatoms. The Morgan fingerprint density at radius 3 is 1.20 bits per heavy atom. The number of nitrogens with zero attached hydrogens (tertiary/aromatic N) is 2. The molecule has 0 saturated carbocycles. The average Bonchev–Trinajstić information content (AvgIpc) is 3.99. The highest BCUT2D eigenvalue weighted by Gasteiger charge is 2.43. The number of rotatable bonds is 10. The van der Waals surface area contributed by atoms with Crippen LogP contribution in [0.5, 0.6) is 0 Å². The zero-order valence-corrected chi connectivity index (χ0v) is 40.3. The topological polar surface area (TPSA) is 9.86 Å². The molecule has 0 aliphatic heterocycles. The third-order valence-corrected chi connectivity index (χ3v) is 23.8. The van der Waals surface area contributed by atoms with Gasteiger partial charge >= 0.3 is 0 Å². The Labute approximate surface area is 416 Å². The van der Waals surface area contributed by atoms with Crippen molar-refractivity contribution in [2.45, 2.75) is 0 Å². The molecule has 0 atom stereocenters. The van der Waals surface area contributed by atoms with E-state index in [1.54, 1.807) is 0 Å². The van der Waals surface area contributed by atoms with Crippen molar-refractivity contribution in [3.8, 4) is 11.4 Å². The fourth-order valence-electron chi connectivity index (χ4n) is 11.6. The van der Waals surface area contributed by atoms with Gasteiger partial charge in [0, 0.05) is 32.9 Å². The van der Waals surface area contributed by atoms with Gasteiger partial charge in [-0.1, -0.05) is 249 Å². The molecule has 2 nitrogen and oxygen atoms in total. The normalized spacial score (nSPS) is 12.8. The molecule has 2 heterocycles. The minimum absolute atomic E-state index is 0.0826. The third-order valence-electron chi connectivity index (χ3n) is 14.5. The van der Waals surface area contributed by atoms with Gasteiger partial charge in [0.15, 0.2) is 16.1 Å². The van der Waals surface area contributed by atoms with Gasteiger partial charge in [0.2, 0.25) is 0 Å². The molecule has 0 aliphatic carbocycles. The van der Waals surface area contributed by atoms with Crippen molar-refractivity contribution in [1.29, 1.82) is 0 Å². The predicted octanol–water partition coefficient (Wildman–Crippen LogP) is 10.6. The second kappa shape index (κ2) is 17.2. The molecule has 0 aliphatic rings. The molecule has 0 radical (unpaired) electrons. The van der Waals surface area contributed by atoms with Crippen LogP contribution in [-0.4, -0.2) is 25.3 Å². The lowest BCUT2D eigenvalue weighted by Crippen LogP contribution is -2.74. The Morgan fingerprint density at radius 1 is 0.286 bits per heavy atom. The highest BCUT2D eigenvalue weighted by Crippen LogP contribution is 2.42. The van der Waals surface area contributed by atoms with Gasteiger partial charge in [-0.2, -0.15) is 0 Å². The van der Waals surface area contributed by atoms with E-state index < -0.39 is 16.1 Å². The number of aromatic nitrogens is 2. The van der Waals surface area contributed by atoms with Crippen molar-refractivity contribution in [2.24, 2.45) is 0 Å². The number of hydrogen-bond acceptors (Lipinski definition) is 0. The van der Waals surface area contributed by atoms with E-state index in [2.05, 4.69) is 211 Å². The number of fused-ring (bicyclic) bond motifs is 7. The van der Waals surface area contributed by atoms with Crippen molar-refractivity contribution in [1.82, 2.24) is 9.13 Å². The summed E-state index contributed by atoms with van der Waals surface area (Å²) < 4.78 is 44.8. The van der Waals surface area contributed by atoms with Crippen LogP contribution in [0.4, 0.5) is 0 Å². The summed E-state index contributed by atoms with van der Waals surface area (Å²) in [4.78, 5) is 0. The Hall–Kier alpha value is -8.55.